The number of nitrogens with one attached hydrogen (secondary N) is 1. The summed E-state index contributed by atoms with van der Waals surface area (Å²) in [6.45, 7) is 3.77. The average Bonchev–Trinajstić information content (AvgIpc) is 3.26. The number of aryl methyl sites for hydroxylation is 2. The smallest absolute Gasteiger partial charge is 0.271 e. The lowest BCUT2D eigenvalue weighted by Gasteiger charge is -2.16. The summed E-state index contributed by atoms with van der Waals surface area (Å²) >= 11 is 13.3. The lowest BCUT2D eigenvalue weighted by molar-refractivity contribution is -0.118. The van der Waals surface area contributed by atoms with Crippen molar-refractivity contribution in [2.45, 2.75) is 13.8 Å². The van der Waals surface area contributed by atoms with Gasteiger partial charge in [-0.25, -0.2) is 4.99 Å². The van der Waals surface area contributed by atoms with Crippen LogP contribution in [0.25, 0.3) is 6.08 Å². The summed E-state index contributed by atoms with van der Waals surface area (Å²) in [7, 11) is 0. The van der Waals surface area contributed by atoms with Gasteiger partial charge in [0, 0.05) is 11.3 Å². The number of carbonyl (C=O) groups excluding carboxylic acids is 2. The molecule has 1 N–H and O–H groups in total. The summed E-state index contributed by atoms with van der Waals surface area (Å²) in [4.78, 5) is 33.1. The molecule has 1 saturated heterocycles. The van der Waals surface area contributed by atoms with Crippen molar-refractivity contribution in [2.75, 3.05) is 16.8 Å². The Morgan fingerprint density at radius 2 is 1.61 bits per heavy atom. The van der Waals surface area contributed by atoms with Crippen LogP contribution in [0.4, 0.5) is 17.1 Å². The second kappa shape index (κ2) is 12.6. The van der Waals surface area contributed by atoms with Crippen LogP contribution in [-0.4, -0.2) is 23.6 Å². The Morgan fingerprint density at radius 3 is 2.32 bits per heavy atom. The van der Waals surface area contributed by atoms with Crippen LogP contribution in [0.5, 0.6) is 5.75 Å². The molecule has 4 aromatic carbocycles. The van der Waals surface area contributed by atoms with E-state index in [1.807, 2.05) is 74.5 Å². The normalized spacial score (nSPS) is 15.0. The molecule has 0 atom stereocenters. The maximum Gasteiger partial charge on any atom is 0.271 e. The highest BCUT2D eigenvalue weighted by Crippen LogP contribution is 2.38. The highest BCUT2D eigenvalue weighted by atomic mass is 35.5. The molecule has 0 unspecified atom stereocenters. The summed E-state index contributed by atoms with van der Waals surface area (Å²) < 4.78 is 5.85. The predicted molar refractivity (Wildman–Crippen MR) is 170 cm³/mol. The molecule has 0 spiro atoms. The van der Waals surface area contributed by atoms with Gasteiger partial charge in [0.05, 0.1) is 26.3 Å². The Balaban J connectivity index is 1.39. The van der Waals surface area contributed by atoms with Gasteiger partial charge in [-0.05, 0) is 80.2 Å². The number of benzene rings is 4. The Kier molecular flexibility index (Phi) is 8.78. The average molecular weight is 603 g/mol. The molecule has 206 valence electrons. The standard InChI is InChI=1S/C32H25Cl2N3O3S/c1-20-7-11-23(12-8-20)36-32-37(25-14-9-21(2)10-15-25)31(39)29(41-32)17-22-5-3-4-6-28(22)40-19-30(38)35-24-13-16-26(33)27(34)18-24/h3-18H,19H2,1-2H3,(H,35,38)/b29-17+,36-32?. The largest absolute Gasteiger partial charge is 0.483 e. The monoisotopic (exact) mass is 601 g/mol. The van der Waals surface area contributed by atoms with E-state index in [4.69, 9.17) is 32.9 Å². The van der Waals surface area contributed by atoms with E-state index in [0.717, 1.165) is 22.5 Å². The number of para-hydroxylation sites is 1. The molecule has 1 aliphatic heterocycles. The van der Waals surface area contributed by atoms with Crippen LogP contribution in [0.1, 0.15) is 16.7 Å². The highest BCUT2D eigenvalue weighted by molar-refractivity contribution is 8.19. The van der Waals surface area contributed by atoms with Crippen molar-refractivity contribution in [3.63, 3.8) is 0 Å². The third kappa shape index (κ3) is 7.00. The number of aliphatic imine (C=N–C) groups is 1. The Morgan fingerprint density at radius 1 is 0.927 bits per heavy atom. The lowest BCUT2D eigenvalue weighted by Crippen LogP contribution is -2.28. The number of amides is 2. The van der Waals surface area contributed by atoms with Crippen LogP contribution in [-0.2, 0) is 9.59 Å². The van der Waals surface area contributed by atoms with E-state index in [9.17, 15) is 9.59 Å². The number of rotatable bonds is 7. The summed E-state index contributed by atoms with van der Waals surface area (Å²) in [5, 5.41) is 4.02. The fourth-order valence-electron chi connectivity index (χ4n) is 3.99. The molecule has 9 heteroatoms. The number of hydrogen-bond acceptors (Lipinski definition) is 5. The minimum atomic E-state index is -0.366. The van der Waals surface area contributed by atoms with Crippen LogP contribution in [0, 0.1) is 13.8 Å². The number of halogens is 2. The van der Waals surface area contributed by atoms with Gasteiger partial charge in [0.25, 0.3) is 11.8 Å². The fourth-order valence-corrected chi connectivity index (χ4v) is 5.28. The molecule has 6 nitrogen and oxygen atoms in total. The maximum atomic E-state index is 13.7. The third-order valence-electron chi connectivity index (χ3n) is 6.13. The highest BCUT2D eigenvalue weighted by Gasteiger charge is 2.35. The van der Waals surface area contributed by atoms with Gasteiger partial charge in [-0.1, -0.05) is 76.8 Å². The molecular weight excluding hydrogens is 577 g/mol. The van der Waals surface area contributed by atoms with Gasteiger partial charge in [-0.15, -0.1) is 0 Å². The van der Waals surface area contributed by atoms with Crippen molar-refractivity contribution in [1.82, 2.24) is 0 Å². The Labute approximate surface area is 252 Å². The van der Waals surface area contributed by atoms with Crippen LogP contribution in [0.15, 0.2) is 101 Å². The number of thioether (sulfide) groups is 1. The van der Waals surface area contributed by atoms with Crippen LogP contribution in [0.2, 0.25) is 10.0 Å². The van der Waals surface area contributed by atoms with Gasteiger partial charge in [-0.2, -0.15) is 0 Å². The molecule has 1 fully saturated rings. The zero-order chi connectivity index (χ0) is 28.9. The SMILES string of the molecule is Cc1ccc(N=C2S/C(=C/c3ccccc3OCC(=O)Nc3ccc(Cl)c(Cl)c3)C(=O)N2c2ccc(C)cc2)cc1. The van der Waals surface area contributed by atoms with Crippen LogP contribution in [0.3, 0.4) is 0 Å². The van der Waals surface area contributed by atoms with Gasteiger partial charge in [0.15, 0.2) is 11.8 Å². The second-order valence-corrected chi connectivity index (χ2v) is 11.1. The molecule has 0 radical (unpaired) electrons. The van der Waals surface area contributed by atoms with Gasteiger partial charge in [0.2, 0.25) is 0 Å². The summed E-state index contributed by atoms with van der Waals surface area (Å²) in [6.07, 6.45) is 1.76. The van der Waals surface area contributed by atoms with E-state index in [0.29, 0.717) is 37.1 Å². The van der Waals surface area contributed by atoms with Gasteiger partial charge >= 0.3 is 0 Å². The van der Waals surface area contributed by atoms with Gasteiger partial charge in [0.1, 0.15) is 5.75 Å². The quantitative estimate of drug-likeness (QED) is 0.216. The lowest BCUT2D eigenvalue weighted by atomic mass is 10.1. The van der Waals surface area contributed by atoms with Crippen molar-refractivity contribution >= 4 is 75.1 Å². The predicted octanol–water partition coefficient (Wildman–Crippen LogP) is 8.44. The molecule has 41 heavy (non-hydrogen) atoms. The number of ether oxygens (including phenoxy) is 1. The molecule has 0 aliphatic carbocycles. The minimum absolute atomic E-state index is 0.197. The second-order valence-electron chi connectivity index (χ2n) is 9.32. The molecular formula is C32H25Cl2N3O3S. The number of nitrogens with zero attached hydrogens (tertiary/aromatic N) is 2. The first-order valence-corrected chi connectivity index (χ1v) is 14.3. The molecule has 0 aromatic heterocycles. The Hall–Kier alpha value is -4.04. The van der Waals surface area contributed by atoms with E-state index >= 15 is 0 Å². The first kappa shape index (κ1) is 28.5. The zero-order valence-corrected chi connectivity index (χ0v) is 24.6. The minimum Gasteiger partial charge on any atom is -0.483 e. The molecule has 1 aliphatic rings. The van der Waals surface area contributed by atoms with E-state index in [2.05, 4.69) is 5.32 Å². The molecule has 0 saturated carbocycles. The van der Waals surface area contributed by atoms with Crippen molar-refractivity contribution in [3.8, 4) is 5.75 Å². The fraction of sp³-hybridized carbons (Fsp3) is 0.0938. The van der Waals surface area contributed by atoms with Crippen molar-refractivity contribution < 1.29 is 14.3 Å². The molecule has 2 amide bonds. The number of amidine groups is 1. The summed E-state index contributed by atoms with van der Waals surface area (Å²) in [6, 6.07) is 27.6. The van der Waals surface area contributed by atoms with Crippen LogP contribution < -0.4 is 15.0 Å². The number of carbonyl (C=O) groups is 2. The third-order valence-corrected chi connectivity index (χ3v) is 7.83. The van der Waals surface area contributed by atoms with Gasteiger partial charge < -0.3 is 10.1 Å². The summed E-state index contributed by atoms with van der Waals surface area (Å²) in [5.74, 6) is -0.101. The molecule has 1 heterocycles. The first-order chi connectivity index (χ1) is 19.8. The van der Waals surface area contributed by atoms with Crippen LogP contribution >= 0.6 is 35.0 Å². The first-order valence-electron chi connectivity index (χ1n) is 12.7. The topological polar surface area (TPSA) is 71.0 Å². The van der Waals surface area contributed by atoms with E-state index in [-0.39, 0.29) is 18.4 Å². The maximum absolute atomic E-state index is 13.7. The van der Waals surface area contributed by atoms with Crippen molar-refractivity contribution in [1.29, 1.82) is 0 Å². The number of hydrogen-bond donors (Lipinski definition) is 1. The van der Waals surface area contributed by atoms with E-state index < -0.39 is 0 Å². The van der Waals surface area contributed by atoms with E-state index in [1.165, 1.54) is 11.8 Å². The summed E-state index contributed by atoms with van der Waals surface area (Å²) in [5.41, 5.74) is 4.86. The van der Waals surface area contributed by atoms with Gasteiger partial charge in [-0.3, -0.25) is 14.5 Å². The molecule has 0 bridgehead atoms. The zero-order valence-electron chi connectivity index (χ0n) is 22.2. The Bertz CT molecular complexity index is 1670. The molecule has 5 rings (SSSR count). The van der Waals surface area contributed by atoms with Crippen molar-refractivity contribution in [2.24, 2.45) is 4.99 Å². The number of anilines is 2. The van der Waals surface area contributed by atoms with E-state index in [1.54, 1.807) is 41.3 Å². The molecule has 4 aromatic rings. The van der Waals surface area contributed by atoms with Crippen molar-refractivity contribution in [3.05, 3.63) is 123 Å².